The molecule has 0 aromatic heterocycles. The van der Waals surface area contributed by atoms with Crippen molar-refractivity contribution in [2.24, 2.45) is 5.92 Å². The molecule has 2 unspecified atom stereocenters. The van der Waals surface area contributed by atoms with E-state index >= 15 is 0 Å². The van der Waals surface area contributed by atoms with Gasteiger partial charge in [0.25, 0.3) is 0 Å². The largest absolute Gasteiger partial charge is 0.339 e. The minimum absolute atomic E-state index is 0.110. The van der Waals surface area contributed by atoms with Gasteiger partial charge in [-0.05, 0) is 37.4 Å². The number of piperazine rings is 1. The Labute approximate surface area is 143 Å². The summed E-state index contributed by atoms with van der Waals surface area (Å²) in [6.07, 6.45) is 1.97. The van der Waals surface area contributed by atoms with Crippen LogP contribution in [-0.2, 0) is 14.8 Å². The van der Waals surface area contributed by atoms with Gasteiger partial charge in [-0.2, -0.15) is 4.31 Å². The van der Waals surface area contributed by atoms with Crippen molar-refractivity contribution in [3.63, 3.8) is 0 Å². The Balaban J connectivity index is 1.60. The minimum atomic E-state index is -3.47. The van der Waals surface area contributed by atoms with Crippen LogP contribution in [0.5, 0.6) is 0 Å². The maximum atomic E-state index is 12.6. The quantitative estimate of drug-likeness (QED) is 0.879. The molecular weight excluding hydrogens is 326 g/mol. The van der Waals surface area contributed by atoms with Gasteiger partial charge in [-0.3, -0.25) is 4.79 Å². The van der Waals surface area contributed by atoms with Gasteiger partial charge < -0.3 is 10.2 Å². The summed E-state index contributed by atoms with van der Waals surface area (Å²) in [6, 6.07) is 8.35. The molecule has 0 radical (unpaired) electrons. The number of rotatable bonds is 3. The molecule has 2 aliphatic heterocycles. The van der Waals surface area contributed by atoms with E-state index in [2.05, 4.69) is 12.2 Å². The monoisotopic (exact) mass is 351 g/mol. The molecule has 1 amide bonds. The van der Waals surface area contributed by atoms with E-state index in [-0.39, 0.29) is 11.9 Å². The van der Waals surface area contributed by atoms with Crippen LogP contribution >= 0.6 is 0 Å². The minimum Gasteiger partial charge on any atom is -0.339 e. The number of piperidine rings is 1. The molecule has 0 bridgehead atoms. The standard InChI is InChI=1S/C17H25N3O3S/c1-14-7-8-18-16(13-14)17(21)19-9-11-20(12-10-19)24(22,23)15-5-3-2-4-6-15/h2-6,14,16,18H,7-13H2,1H3. The third-order valence-corrected chi connectivity index (χ3v) is 6.81. The third kappa shape index (κ3) is 3.63. The maximum Gasteiger partial charge on any atom is 0.243 e. The second kappa shape index (κ2) is 7.21. The zero-order valence-corrected chi connectivity index (χ0v) is 14.8. The van der Waals surface area contributed by atoms with E-state index in [1.807, 2.05) is 0 Å². The van der Waals surface area contributed by atoms with Crippen LogP contribution < -0.4 is 5.32 Å². The van der Waals surface area contributed by atoms with Crippen molar-refractivity contribution in [3.8, 4) is 0 Å². The second-order valence-electron chi connectivity index (χ2n) is 6.68. The topological polar surface area (TPSA) is 69.7 Å². The van der Waals surface area contributed by atoms with Crippen molar-refractivity contribution in [2.45, 2.75) is 30.7 Å². The highest BCUT2D eigenvalue weighted by Gasteiger charge is 2.33. The lowest BCUT2D eigenvalue weighted by Gasteiger charge is -2.37. The van der Waals surface area contributed by atoms with E-state index in [4.69, 9.17) is 0 Å². The molecule has 2 saturated heterocycles. The van der Waals surface area contributed by atoms with Crippen LogP contribution in [0, 0.1) is 5.92 Å². The SMILES string of the molecule is CC1CCNC(C(=O)N2CCN(S(=O)(=O)c3ccccc3)CC2)C1. The zero-order valence-electron chi connectivity index (χ0n) is 14.0. The predicted octanol–water partition coefficient (Wildman–Crippen LogP) is 0.908. The van der Waals surface area contributed by atoms with Gasteiger partial charge in [-0.25, -0.2) is 8.42 Å². The maximum absolute atomic E-state index is 12.6. The van der Waals surface area contributed by atoms with Crippen molar-refractivity contribution >= 4 is 15.9 Å². The van der Waals surface area contributed by atoms with Crippen LogP contribution in [0.3, 0.4) is 0 Å². The first-order valence-electron chi connectivity index (χ1n) is 8.56. The number of hydrogen-bond acceptors (Lipinski definition) is 4. The molecule has 2 atom stereocenters. The van der Waals surface area contributed by atoms with Crippen molar-refractivity contribution in [2.75, 3.05) is 32.7 Å². The molecular formula is C17H25N3O3S. The highest BCUT2D eigenvalue weighted by Crippen LogP contribution is 2.20. The lowest BCUT2D eigenvalue weighted by Crippen LogP contribution is -2.56. The molecule has 2 fully saturated rings. The van der Waals surface area contributed by atoms with Crippen LogP contribution in [0.2, 0.25) is 0 Å². The Morgan fingerprint density at radius 2 is 1.79 bits per heavy atom. The molecule has 1 aromatic rings. The van der Waals surface area contributed by atoms with Crippen LogP contribution in [0.15, 0.2) is 35.2 Å². The number of nitrogens with one attached hydrogen (secondary N) is 1. The average molecular weight is 351 g/mol. The molecule has 7 heteroatoms. The van der Waals surface area contributed by atoms with Crippen molar-refractivity contribution in [1.29, 1.82) is 0 Å². The smallest absolute Gasteiger partial charge is 0.243 e. The number of amides is 1. The van der Waals surface area contributed by atoms with E-state index < -0.39 is 10.0 Å². The van der Waals surface area contributed by atoms with Gasteiger partial charge >= 0.3 is 0 Å². The van der Waals surface area contributed by atoms with Gasteiger partial charge in [0.05, 0.1) is 10.9 Å². The highest BCUT2D eigenvalue weighted by atomic mass is 32.2. The summed E-state index contributed by atoms with van der Waals surface area (Å²) >= 11 is 0. The molecule has 1 N–H and O–H groups in total. The van der Waals surface area contributed by atoms with Crippen LogP contribution in [0.25, 0.3) is 0 Å². The van der Waals surface area contributed by atoms with Gasteiger partial charge in [0, 0.05) is 26.2 Å². The van der Waals surface area contributed by atoms with Gasteiger partial charge in [-0.1, -0.05) is 25.1 Å². The zero-order chi connectivity index (χ0) is 17.2. The van der Waals surface area contributed by atoms with E-state index in [0.29, 0.717) is 37.0 Å². The number of benzene rings is 1. The molecule has 2 aliphatic rings. The normalized spacial score (nSPS) is 26.3. The van der Waals surface area contributed by atoms with E-state index in [9.17, 15) is 13.2 Å². The first kappa shape index (κ1) is 17.4. The Morgan fingerprint density at radius 1 is 1.12 bits per heavy atom. The molecule has 0 spiro atoms. The van der Waals surface area contributed by atoms with Crippen LogP contribution in [-0.4, -0.2) is 62.3 Å². The first-order valence-corrected chi connectivity index (χ1v) is 10.00. The van der Waals surface area contributed by atoms with Crippen molar-refractivity contribution in [1.82, 2.24) is 14.5 Å². The van der Waals surface area contributed by atoms with Gasteiger partial charge in [0.15, 0.2) is 0 Å². The molecule has 0 saturated carbocycles. The van der Waals surface area contributed by atoms with E-state index in [1.165, 1.54) is 4.31 Å². The average Bonchev–Trinajstić information content (AvgIpc) is 2.62. The number of sulfonamides is 1. The van der Waals surface area contributed by atoms with Gasteiger partial charge in [0.1, 0.15) is 0 Å². The van der Waals surface area contributed by atoms with Crippen LogP contribution in [0.4, 0.5) is 0 Å². The Bertz CT molecular complexity index is 670. The summed E-state index contributed by atoms with van der Waals surface area (Å²) < 4.78 is 26.7. The van der Waals surface area contributed by atoms with Crippen molar-refractivity contribution < 1.29 is 13.2 Å². The number of carbonyl (C=O) groups is 1. The van der Waals surface area contributed by atoms with Gasteiger partial charge in [-0.15, -0.1) is 0 Å². The Kier molecular flexibility index (Phi) is 5.22. The lowest BCUT2D eigenvalue weighted by molar-refractivity contribution is -0.135. The molecule has 24 heavy (non-hydrogen) atoms. The summed E-state index contributed by atoms with van der Waals surface area (Å²) in [6.45, 7) is 4.66. The summed E-state index contributed by atoms with van der Waals surface area (Å²) in [4.78, 5) is 14.7. The fraction of sp³-hybridized carbons (Fsp3) is 0.588. The molecule has 132 valence electrons. The Hall–Kier alpha value is -1.44. The second-order valence-corrected chi connectivity index (χ2v) is 8.62. The summed E-state index contributed by atoms with van der Waals surface area (Å²) in [5.74, 6) is 0.665. The van der Waals surface area contributed by atoms with Crippen molar-refractivity contribution in [3.05, 3.63) is 30.3 Å². The fourth-order valence-electron chi connectivity index (χ4n) is 3.41. The third-order valence-electron chi connectivity index (χ3n) is 4.90. The summed E-state index contributed by atoms with van der Waals surface area (Å²) in [5.41, 5.74) is 0. The fourth-order valence-corrected chi connectivity index (χ4v) is 4.85. The molecule has 1 aromatic carbocycles. The number of nitrogens with zero attached hydrogens (tertiary/aromatic N) is 2. The molecule has 2 heterocycles. The number of hydrogen-bond donors (Lipinski definition) is 1. The Morgan fingerprint density at radius 3 is 2.42 bits per heavy atom. The summed E-state index contributed by atoms with van der Waals surface area (Å²) in [5, 5.41) is 3.29. The molecule has 3 rings (SSSR count). The lowest BCUT2D eigenvalue weighted by atomic mass is 9.93. The number of carbonyl (C=O) groups excluding carboxylic acids is 1. The summed E-state index contributed by atoms with van der Waals surface area (Å²) in [7, 11) is -3.47. The first-order chi connectivity index (χ1) is 11.5. The van der Waals surface area contributed by atoms with Crippen LogP contribution in [0.1, 0.15) is 19.8 Å². The van der Waals surface area contributed by atoms with E-state index in [1.54, 1.807) is 35.2 Å². The van der Waals surface area contributed by atoms with Gasteiger partial charge in [0.2, 0.25) is 15.9 Å². The predicted molar refractivity (Wildman–Crippen MR) is 92.0 cm³/mol. The van der Waals surface area contributed by atoms with E-state index in [0.717, 1.165) is 19.4 Å². The highest BCUT2D eigenvalue weighted by molar-refractivity contribution is 7.89. The molecule has 6 nitrogen and oxygen atoms in total. The molecule has 0 aliphatic carbocycles.